The maximum Gasteiger partial charge on any atom is 0.0577 e. The SMILES string of the molecule is CC(C=CC1CC1C)C1CCC2C3CC=C4CC(O)CCC4(C)C3CCC12C. The van der Waals surface area contributed by atoms with Gasteiger partial charge in [0.2, 0.25) is 0 Å². The molecule has 4 saturated carbocycles. The molecule has 1 N–H and O–H groups in total. The molecule has 0 spiro atoms. The van der Waals surface area contributed by atoms with E-state index in [4.69, 9.17) is 0 Å². The van der Waals surface area contributed by atoms with Crippen LogP contribution < -0.4 is 0 Å². The molecule has 10 unspecified atom stereocenters. The molecule has 0 aromatic carbocycles. The smallest absolute Gasteiger partial charge is 0.0577 e. The molecule has 0 bridgehead atoms. The molecule has 4 fully saturated rings. The molecule has 1 heteroatoms. The van der Waals surface area contributed by atoms with Gasteiger partial charge >= 0.3 is 0 Å². The fourth-order valence-corrected chi connectivity index (χ4v) is 8.62. The highest BCUT2D eigenvalue weighted by molar-refractivity contribution is 5.25. The summed E-state index contributed by atoms with van der Waals surface area (Å²) >= 11 is 0. The third-order valence-corrected chi connectivity index (χ3v) is 10.6. The lowest BCUT2D eigenvalue weighted by atomic mass is 9.47. The second kappa shape index (κ2) is 6.73. The summed E-state index contributed by atoms with van der Waals surface area (Å²) in [6, 6.07) is 0. The molecule has 0 aromatic heterocycles. The van der Waals surface area contributed by atoms with Crippen LogP contribution in [0.15, 0.2) is 23.8 Å². The summed E-state index contributed by atoms with van der Waals surface area (Å²) in [5.74, 6) is 6.14. The molecule has 0 aromatic rings. The summed E-state index contributed by atoms with van der Waals surface area (Å²) in [7, 11) is 0. The first kappa shape index (κ1) is 19.4. The van der Waals surface area contributed by atoms with E-state index in [0.29, 0.717) is 10.8 Å². The molecule has 0 saturated heterocycles. The van der Waals surface area contributed by atoms with Gasteiger partial charge in [0.15, 0.2) is 0 Å². The van der Waals surface area contributed by atoms with Crippen molar-refractivity contribution in [3.05, 3.63) is 23.8 Å². The summed E-state index contributed by atoms with van der Waals surface area (Å²) in [5, 5.41) is 10.2. The van der Waals surface area contributed by atoms with Crippen molar-refractivity contribution in [3.63, 3.8) is 0 Å². The van der Waals surface area contributed by atoms with Gasteiger partial charge in [0, 0.05) is 0 Å². The second-order valence-corrected chi connectivity index (χ2v) is 12.0. The number of aliphatic hydroxyl groups is 1. The van der Waals surface area contributed by atoms with E-state index in [1.807, 2.05) is 0 Å². The van der Waals surface area contributed by atoms with Crippen LogP contribution in [-0.4, -0.2) is 11.2 Å². The zero-order valence-electron chi connectivity index (χ0n) is 18.7. The summed E-state index contributed by atoms with van der Waals surface area (Å²) < 4.78 is 0. The molecule has 0 radical (unpaired) electrons. The number of hydrogen-bond donors (Lipinski definition) is 1. The molecule has 5 aliphatic carbocycles. The highest BCUT2D eigenvalue weighted by Crippen LogP contribution is 2.67. The number of allylic oxidation sites excluding steroid dienone is 3. The molecule has 28 heavy (non-hydrogen) atoms. The molecular weight excluding hydrogens is 340 g/mol. The molecule has 10 atom stereocenters. The van der Waals surface area contributed by atoms with Gasteiger partial charge in [-0.2, -0.15) is 0 Å². The van der Waals surface area contributed by atoms with Crippen molar-refractivity contribution < 1.29 is 5.11 Å². The van der Waals surface area contributed by atoms with Gasteiger partial charge in [-0.1, -0.05) is 51.5 Å². The summed E-state index contributed by atoms with van der Waals surface area (Å²) in [6.07, 6.45) is 19.3. The average Bonchev–Trinajstić information content (AvgIpc) is 3.25. The fraction of sp³-hybridized carbons (Fsp3) is 0.852. The number of hydrogen-bond acceptors (Lipinski definition) is 1. The van der Waals surface area contributed by atoms with Crippen molar-refractivity contribution in [2.24, 2.45) is 52.3 Å². The van der Waals surface area contributed by atoms with Crippen LogP contribution in [0.4, 0.5) is 0 Å². The minimum absolute atomic E-state index is 0.0811. The van der Waals surface area contributed by atoms with E-state index in [1.165, 1.54) is 44.9 Å². The predicted molar refractivity (Wildman–Crippen MR) is 117 cm³/mol. The van der Waals surface area contributed by atoms with Crippen molar-refractivity contribution >= 4 is 0 Å². The van der Waals surface area contributed by atoms with E-state index in [9.17, 15) is 5.11 Å². The quantitative estimate of drug-likeness (QED) is 0.534. The van der Waals surface area contributed by atoms with Gasteiger partial charge in [0.25, 0.3) is 0 Å². The Labute approximate surface area is 173 Å². The lowest BCUT2D eigenvalue weighted by molar-refractivity contribution is -0.0540. The van der Waals surface area contributed by atoms with Gasteiger partial charge in [-0.25, -0.2) is 0 Å². The van der Waals surface area contributed by atoms with Crippen LogP contribution in [0, 0.1) is 52.3 Å². The molecule has 5 aliphatic rings. The molecule has 0 heterocycles. The van der Waals surface area contributed by atoms with E-state index < -0.39 is 0 Å². The van der Waals surface area contributed by atoms with Crippen LogP contribution in [0.25, 0.3) is 0 Å². The Morgan fingerprint density at radius 3 is 2.64 bits per heavy atom. The highest BCUT2D eigenvalue weighted by Gasteiger charge is 2.59. The highest BCUT2D eigenvalue weighted by atomic mass is 16.3. The first-order valence-electron chi connectivity index (χ1n) is 12.4. The van der Waals surface area contributed by atoms with Crippen molar-refractivity contribution in [1.29, 1.82) is 0 Å². The molecule has 1 nitrogen and oxygen atoms in total. The average molecular weight is 383 g/mol. The zero-order valence-corrected chi connectivity index (χ0v) is 18.7. The van der Waals surface area contributed by atoms with Crippen molar-refractivity contribution in [2.75, 3.05) is 0 Å². The molecule has 5 rings (SSSR count). The topological polar surface area (TPSA) is 20.2 Å². The third kappa shape index (κ3) is 2.90. The number of fused-ring (bicyclic) bond motifs is 5. The standard InChI is InChI=1S/C27H42O/c1-17(5-6-19-15-18(19)2)23-9-10-24-22-8-7-20-16-21(28)11-13-26(20,3)25(22)12-14-27(23,24)4/h5-7,17-19,21-25,28H,8-16H2,1-4H3. The van der Waals surface area contributed by atoms with Crippen molar-refractivity contribution in [1.82, 2.24) is 0 Å². The second-order valence-electron chi connectivity index (χ2n) is 12.0. The van der Waals surface area contributed by atoms with E-state index in [-0.39, 0.29) is 6.10 Å². The van der Waals surface area contributed by atoms with Gasteiger partial charge < -0.3 is 5.11 Å². The van der Waals surface area contributed by atoms with Crippen LogP contribution in [0.2, 0.25) is 0 Å². The van der Waals surface area contributed by atoms with Crippen molar-refractivity contribution in [2.45, 2.75) is 91.6 Å². The number of rotatable bonds is 3. The lowest BCUT2D eigenvalue weighted by Crippen LogP contribution is -2.50. The van der Waals surface area contributed by atoms with Crippen LogP contribution in [0.1, 0.15) is 85.5 Å². The Hall–Kier alpha value is -0.560. The van der Waals surface area contributed by atoms with Gasteiger partial charge in [-0.3, -0.25) is 0 Å². The first-order valence-corrected chi connectivity index (χ1v) is 12.4. The van der Waals surface area contributed by atoms with E-state index in [0.717, 1.165) is 54.3 Å². The monoisotopic (exact) mass is 382 g/mol. The fourth-order valence-electron chi connectivity index (χ4n) is 8.62. The first-order chi connectivity index (χ1) is 13.3. The Morgan fingerprint density at radius 2 is 1.89 bits per heavy atom. The van der Waals surface area contributed by atoms with Crippen molar-refractivity contribution in [3.8, 4) is 0 Å². The van der Waals surface area contributed by atoms with Crippen LogP contribution in [0.3, 0.4) is 0 Å². The molecular formula is C27H42O. The lowest BCUT2D eigenvalue weighted by Gasteiger charge is -2.58. The summed E-state index contributed by atoms with van der Waals surface area (Å²) in [6.45, 7) is 10.1. The molecule has 156 valence electrons. The largest absolute Gasteiger partial charge is 0.393 e. The van der Waals surface area contributed by atoms with Crippen LogP contribution in [-0.2, 0) is 0 Å². The van der Waals surface area contributed by atoms with Gasteiger partial charge in [0.05, 0.1) is 6.10 Å². The van der Waals surface area contributed by atoms with Gasteiger partial charge in [-0.15, -0.1) is 0 Å². The van der Waals surface area contributed by atoms with Crippen LogP contribution in [0.5, 0.6) is 0 Å². The van der Waals surface area contributed by atoms with E-state index >= 15 is 0 Å². The summed E-state index contributed by atoms with van der Waals surface area (Å²) in [5.41, 5.74) is 2.55. The van der Waals surface area contributed by atoms with E-state index in [1.54, 1.807) is 5.57 Å². The van der Waals surface area contributed by atoms with Crippen LogP contribution >= 0.6 is 0 Å². The third-order valence-electron chi connectivity index (χ3n) is 10.6. The zero-order chi connectivity index (χ0) is 19.7. The predicted octanol–water partition coefficient (Wildman–Crippen LogP) is 6.77. The normalized spacial score (nSPS) is 53.9. The molecule has 0 amide bonds. The Bertz CT molecular complexity index is 676. The van der Waals surface area contributed by atoms with Gasteiger partial charge in [-0.05, 0) is 110 Å². The molecule has 0 aliphatic heterocycles. The maximum atomic E-state index is 10.2. The minimum Gasteiger partial charge on any atom is -0.393 e. The number of aliphatic hydroxyl groups excluding tert-OH is 1. The summed E-state index contributed by atoms with van der Waals surface area (Å²) in [4.78, 5) is 0. The Balaban J connectivity index is 1.36. The minimum atomic E-state index is -0.0811. The Morgan fingerprint density at radius 1 is 1.11 bits per heavy atom. The maximum absolute atomic E-state index is 10.2. The Kier molecular flexibility index (Phi) is 4.66. The van der Waals surface area contributed by atoms with E-state index in [2.05, 4.69) is 45.9 Å². The van der Waals surface area contributed by atoms with Gasteiger partial charge in [0.1, 0.15) is 0 Å².